The second-order valence-electron chi connectivity index (χ2n) is 8.47. The number of esters is 2. The van der Waals surface area contributed by atoms with Crippen molar-refractivity contribution in [2.24, 2.45) is 4.99 Å². The normalized spacial score (nSPS) is 14.8. The average Bonchev–Trinajstić information content (AvgIpc) is 3.21. The minimum Gasteiger partial charge on any atom is -0.493 e. The molecular weight excluding hydrogens is 520 g/mol. The van der Waals surface area contributed by atoms with Crippen LogP contribution < -0.4 is 29.1 Å². The zero-order valence-electron chi connectivity index (χ0n) is 22.1. The van der Waals surface area contributed by atoms with Gasteiger partial charge in [-0.1, -0.05) is 42.2 Å². The fourth-order valence-corrected chi connectivity index (χ4v) is 5.22. The minimum absolute atomic E-state index is 0.187. The lowest BCUT2D eigenvalue weighted by molar-refractivity contribution is -0.139. The summed E-state index contributed by atoms with van der Waals surface area (Å²) in [7, 11) is 1.47. The summed E-state index contributed by atoms with van der Waals surface area (Å²) in [6, 6.07) is 11.4. The Labute approximate surface area is 228 Å². The third-order valence-corrected chi connectivity index (χ3v) is 6.80. The molecule has 1 aliphatic heterocycles. The number of ether oxygens (including phenoxy) is 4. The summed E-state index contributed by atoms with van der Waals surface area (Å²) in [5, 5.41) is 0. The zero-order chi connectivity index (χ0) is 28.1. The van der Waals surface area contributed by atoms with Gasteiger partial charge < -0.3 is 18.9 Å². The highest BCUT2D eigenvalue weighted by Crippen LogP contribution is 2.32. The van der Waals surface area contributed by atoms with Gasteiger partial charge in [0, 0.05) is 6.92 Å². The van der Waals surface area contributed by atoms with Crippen LogP contribution in [0.5, 0.6) is 17.2 Å². The maximum Gasteiger partial charge on any atom is 0.338 e. The lowest BCUT2D eigenvalue weighted by atomic mass is 9.96. The maximum atomic E-state index is 13.8. The third kappa shape index (κ3) is 5.85. The van der Waals surface area contributed by atoms with Crippen LogP contribution in [0, 0.1) is 0 Å². The highest BCUT2D eigenvalue weighted by atomic mass is 32.1. The quantitative estimate of drug-likeness (QED) is 0.230. The van der Waals surface area contributed by atoms with Gasteiger partial charge in [-0.05, 0) is 55.3 Å². The van der Waals surface area contributed by atoms with Crippen LogP contribution in [0.2, 0.25) is 0 Å². The van der Waals surface area contributed by atoms with Crippen LogP contribution in [0.15, 0.2) is 76.2 Å². The molecule has 1 unspecified atom stereocenters. The molecule has 0 fully saturated rings. The van der Waals surface area contributed by atoms with Crippen molar-refractivity contribution in [2.45, 2.75) is 26.8 Å². The molecule has 3 aromatic rings. The van der Waals surface area contributed by atoms with Crippen LogP contribution >= 0.6 is 11.3 Å². The van der Waals surface area contributed by atoms with E-state index in [4.69, 9.17) is 18.9 Å². The van der Waals surface area contributed by atoms with Gasteiger partial charge in [-0.2, -0.15) is 0 Å². The number of hydrogen-bond donors (Lipinski definition) is 0. The van der Waals surface area contributed by atoms with E-state index in [1.807, 2.05) is 12.1 Å². The molecule has 9 nitrogen and oxygen atoms in total. The van der Waals surface area contributed by atoms with E-state index in [1.165, 1.54) is 29.9 Å². The molecule has 1 atom stereocenters. The molecule has 2 heterocycles. The van der Waals surface area contributed by atoms with E-state index in [0.717, 1.165) is 0 Å². The minimum atomic E-state index is -0.739. The largest absolute Gasteiger partial charge is 0.493 e. The Morgan fingerprint density at radius 3 is 2.54 bits per heavy atom. The number of aromatic nitrogens is 1. The maximum absolute atomic E-state index is 13.8. The lowest BCUT2D eigenvalue weighted by Gasteiger charge is -2.24. The van der Waals surface area contributed by atoms with Gasteiger partial charge in [0.2, 0.25) is 0 Å². The molecule has 0 aliphatic carbocycles. The fourth-order valence-electron chi connectivity index (χ4n) is 4.17. The molecule has 0 amide bonds. The van der Waals surface area contributed by atoms with E-state index in [0.29, 0.717) is 49.8 Å². The number of allylic oxidation sites excluding steroid dienone is 1. The van der Waals surface area contributed by atoms with E-state index < -0.39 is 18.0 Å². The van der Waals surface area contributed by atoms with Crippen LogP contribution in [0.25, 0.3) is 6.08 Å². The first-order valence-electron chi connectivity index (χ1n) is 12.2. The summed E-state index contributed by atoms with van der Waals surface area (Å²) in [5.41, 5.74) is 1.83. The number of carbonyl (C=O) groups excluding carboxylic acids is 2. The van der Waals surface area contributed by atoms with Crippen LogP contribution in [0.1, 0.15) is 37.9 Å². The summed E-state index contributed by atoms with van der Waals surface area (Å²) < 4.78 is 23.4. The smallest absolute Gasteiger partial charge is 0.338 e. The zero-order valence-corrected chi connectivity index (χ0v) is 22.9. The fraction of sp³-hybridized carbons (Fsp3) is 0.241. The van der Waals surface area contributed by atoms with Gasteiger partial charge in [0.15, 0.2) is 16.3 Å². The molecule has 4 rings (SSSR count). The number of hydrogen-bond acceptors (Lipinski definition) is 9. The standard InChI is InChI=1S/C29H28N2O7S/c1-6-14-37-21-11-9-20(10-12-21)26-25(28(34)36-7-2)17(3)30-29-31(26)27(33)24(39-29)16-19-8-13-22(38-18(4)32)23(15-19)35-5/h6,8-13,15-16,26H,1,7,14H2,2-5H3. The Morgan fingerprint density at radius 2 is 1.90 bits per heavy atom. The molecule has 39 heavy (non-hydrogen) atoms. The van der Waals surface area contributed by atoms with Gasteiger partial charge in [0.1, 0.15) is 12.4 Å². The van der Waals surface area contributed by atoms with E-state index in [-0.39, 0.29) is 17.9 Å². The number of carbonyl (C=O) groups is 2. The summed E-state index contributed by atoms with van der Waals surface area (Å²) >= 11 is 1.21. The Kier molecular flexibility index (Phi) is 8.46. The molecule has 0 saturated heterocycles. The SMILES string of the molecule is C=CCOc1ccc(C2C(C(=O)OCC)=C(C)N=c3sc(=Cc4ccc(OC(C)=O)c(OC)c4)c(=O)n32)cc1. The van der Waals surface area contributed by atoms with Gasteiger partial charge in [0.25, 0.3) is 5.56 Å². The molecule has 1 aliphatic rings. The first kappa shape index (κ1) is 27.6. The molecule has 1 aromatic heterocycles. The van der Waals surface area contributed by atoms with Crippen molar-refractivity contribution in [2.75, 3.05) is 20.3 Å². The second kappa shape index (κ2) is 12.0. The first-order chi connectivity index (χ1) is 18.8. The number of thiazole rings is 1. The van der Waals surface area contributed by atoms with Gasteiger partial charge in [-0.25, -0.2) is 9.79 Å². The van der Waals surface area contributed by atoms with Crippen molar-refractivity contribution >= 4 is 29.4 Å². The number of benzene rings is 2. The van der Waals surface area contributed by atoms with Crippen molar-refractivity contribution in [3.63, 3.8) is 0 Å². The summed E-state index contributed by atoms with van der Waals surface area (Å²) in [4.78, 5) is 43.3. The molecule has 10 heteroatoms. The topological polar surface area (TPSA) is 105 Å². The van der Waals surface area contributed by atoms with Crippen molar-refractivity contribution in [3.05, 3.63) is 97.2 Å². The van der Waals surface area contributed by atoms with E-state index in [1.54, 1.807) is 56.3 Å². The van der Waals surface area contributed by atoms with Crippen molar-refractivity contribution < 1.29 is 28.5 Å². The van der Waals surface area contributed by atoms with Crippen LogP contribution in [-0.2, 0) is 14.3 Å². The molecule has 0 saturated carbocycles. The van der Waals surface area contributed by atoms with E-state index in [9.17, 15) is 14.4 Å². The highest BCUT2D eigenvalue weighted by Gasteiger charge is 2.33. The van der Waals surface area contributed by atoms with Crippen LogP contribution in [-0.4, -0.2) is 36.8 Å². The lowest BCUT2D eigenvalue weighted by Crippen LogP contribution is -2.39. The molecule has 2 aromatic carbocycles. The Morgan fingerprint density at radius 1 is 1.15 bits per heavy atom. The molecule has 0 N–H and O–H groups in total. The number of methoxy groups -OCH3 is 1. The molecule has 202 valence electrons. The van der Waals surface area contributed by atoms with E-state index in [2.05, 4.69) is 11.6 Å². The Bertz CT molecular complexity index is 1630. The number of nitrogens with zero attached hydrogens (tertiary/aromatic N) is 2. The molecular formula is C29H28N2O7S. The van der Waals surface area contributed by atoms with Gasteiger partial charge in [-0.3, -0.25) is 14.2 Å². The van der Waals surface area contributed by atoms with Crippen LogP contribution in [0.3, 0.4) is 0 Å². The summed E-state index contributed by atoms with van der Waals surface area (Å²) in [6.07, 6.45) is 3.35. The summed E-state index contributed by atoms with van der Waals surface area (Å²) in [6.45, 7) is 8.96. The molecule has 0 bridgehead atoms. The highest BCUT2D eigenvalue weighted by molar-refractivity contribution is 7.07. The van der Waals surface area contributed by atoms with Gasteiger partial charge >= 0.3 is 11.9 Å². The monoisotopic (exact) mass is 548 g/mol. The average molecular weight is 549 g/mol. The summed E-state index contributed by atoms with van der Waals surface area (Å²) in [5.74, 6) is 0.261. The second-order valence-corrected chi connectivity index (χ2v) is 9.48. The predicted molar refractivity (Wildman–Crippen MR) is 147 cm³/mol. The van der Waals surface area contributed by atoms with Crippen molar-refractivity contribution in [1.82, 2.24) is 4.57 Å². The predicted octanol–water partition coefficient (Wildman–Crippen LogP) is 3.30. The van der Waals surface area contributed by atoms with Crippen LogP contribution in [0.4, 0.5) is 0 Å². The van der Waals surface area contributed by atoms with E-state index >= 15 is 0 Å². The van der Waals surface area contributed by atoms with Gasteiger partial charge in [-0.15, -0.1) is 0 Å². The number of rotatable bonds is 9. The Hall–Kier alpha value is -4.44. The third-order valence-electron chi connectivity index (χ3n) is 5.82. The van der Waals surface area contributed by atoms with Gasteiger partial charge in [0.05, 0.1) is 35.6 Å². The first-order valence-corrected chi connectivity index (χ1v) is 13.0. The van der Waals surface area contributed by atoms with Crippen molar-refractivity contribution in [1.29, 1.82) is 0 Å². The van der Waals surface area contributed by atoms with Crippen molar-refractivity contribution in [3.8, 4) is 17.2 Å². The number of fused-ring (bicyclic) bond motifs is 1. The Balaban J connectivity index is 1.85. The molecule has 0 radical (unpaired) electrons. The molecule has 0 spiro atoms.